The van der Waals surface area contributed by atoms with Crippen molar-refractivity contribution in [1.29, 1.82) is 0 Å². The lowest BCUT2D eigenvalue weighted by Crippen LogP contribution is -2.24. The molecule has 3 rings (SSSR count). The van der Waals surface area contributed by atoms with Crippen molar-refractivity contribution >= 4 is 11.3 Å². The third-order valence-electron chi connectivity index (χ3n) is 2.34. The van der Waals surface area contributed by atoms with Crippen LogP contribution >= 0.6 is 11.3 Å². The lowest BCUT2D eigenvalue weighted by atomic mass is 10.4. The van der Waals surface area contributed by atoms with E-state index in [1.165, 1.54) is 24.6 Å². The van der Waals surface area contributed by atoms with Gasteiger partial charge in [0.2, 0.25) is 0 Å². The van der Waals surface area contributed by atoms with Crippen molar-refractivity contribution in [3.8, 4) is 10.9 Å². The Morgan fingerprint density at radius 1 is 1.50 bits per heavy atom. The average molecular weight is 294 g/mol. The first-order valence-electron chi connectivity index (χ1n) is 5.86. The summed E-state index contributed by atoms with van der Waals surface area (Å²) in [5, 5.41) is 20.2. The molecule has 0 spiro atoms. The van der Waals surface area contributed by atoms with Crippen LogP contribution in [-0.2, 0) is 13.7 Å². The van der Waals surface area contributed by atoms with Crippen molar-refractivity contribution in [3.05, 3.63) is 33.9 Å². The van der Waals surface area contributed by atoms with Gasteiger partial charge in [-0.15, -0.1) is 10.2 Å². The summed E-state index contributed by atoms with van der Waals surface area (Å²) in [6.45, 7) is 0.0147. The highest BCUT2D eigenvalue weighted by Gasteiger charge is 2.14. The Morgan fingerprint density at radius 2 is 2.40 bits per heavy atom. The predicted octanol–water partition coefficient (Wildman–Crippen LogP) is -0.814. The van der Waals surface area contributed by atoms with E-state index < -0.39 is 5.69 Å². The van der Waals surface area contributed by atoms with Gasteiger partial charge < -0.3 is 4.74 Å². The fourth-order valence-electron chi connectivity index (χ4n) is 1.41. The van der Waals surface area contributed by atoms with Gasteiger partial charge in [0.05, 0.1) is 7.57 Å². The largest absolute Gasteiger partial charge is 0.463 e. The lowest BCUT2D eigenvalue weighted by molar-refractivity contribution is 0.296. The molecule has 0 radical (unpaired) electrons. The third kappa shape index (κ3) is 2.25. The van der Waals surface area contributed by atoms with Gasteiger partial charge in [-0.25, -0.2) is 9.78 Å². The van der Waals surface area contributed by atoms with Gasteiger partial charge >= 0.3 is 5.69 Å². The van der Waals surface area contributed by atoms with Crippen molar-refractivity contribution in [2.45, 2.75) is 6.61 Å². The second-order valence-electron chi connectivity index (χ2n) is 3.59. The number of ether oxygens (including phenoxy) is 1. The zero-order valence-corrected chi connectivity index (χ0v) is 11.0. The Morgan fingerprint density at radius 3 is 3.10 bits per heavy atom. The van der Waals surface area contributed by atoms with Crippen LogP contribution in [0.1, 0.15) is 7.06 Å². The highest BCUT2D eigenvalue weighted by molar-refractivity contribution is 7.11. The predicted molar refractivity (Wildman–Crippen MR) is 66.4 cm³/mol. The third-order valence-corrected chi connectivity index (χ3v) is 2.98. The maximum Gasteiger partial charge on any atom is 0.368 e. The van der Waals surface area contributed by atoms with Gasteiger partial charge in [0.1, 0.15) is 18.0 Å². The molecule has 0 saturated carbocycles. The Bertz CT molecular complexity index is 827. The van der Waals surface area contributed by atoms with Crippen LogP contribution < -0.4 is 10.4 Å². The molecule has 3 aromatic heterocycles. The van der Waals surface area contributed by atoms with E-state index in [2.05, 4.69) is 30.8 Å². The fourth-order valence-corrected chi connectivity index (χ4v) is 1.85. The van der Waals surface area contributed by atoms with Crippen LogP contribution in [0.3, 0.4) is 0 Å². The minimum Gasteiger partial charge on any atom is -0.463 e. The van der Waals surface area contributed by atoms with E-state index in [0.29, 0.717) is 16.6 Å². The molecule has 0 unspecified atom stereocenters. The van der Waals surface area contributed by atoms with E-state index in [1.54, 1.807) is 5.38 Å². The van der Waals surface area contributed by atoms with E-state index in [9.17, 15) is 4.79 Å². The van der Waals surface area contributed by atoms with Gasteiger partial charge in [0.25, 0.3) is 5.19 Å². The zero-order chi connectivity index (χ0) is 14.8. The first-order valence-corrected chi connectivity index (χ1v) is 6.24. The lowest BCUT2D eigenvalue weighted by Gasteiger charge is -2.05. The molecule has 11 heteroatoms. The molecule has 0 N–H and O–H groups in total. The molecule has 0 fully saturated rings. The molecule has 102 valence electrons. The highest BCUT2D eigenvalue weighted by atomic mass is 32.1. The van der Waals surface area contributed by atoms with Crippen LogP contribution in [0.2, 0.25) is 0 Å². The quantitative estimate of drug-likeness (QED) is 0.613. The van der Waals surface area contributed by atoms with Gasteiger partial charge in [-0.1, -0.05) is 11.3 Å². The summed E-state index contributed by atoms with van der Waals surface area (Å²) in [6, 6.07) is 0. The Hall–Kier alpha value is -2.69. The fraction of sp³-hybridized carbons (Fsp3) is 0.222. The van der Waals surface area contributed by atoms with Gasteiger partial charge in [-0.3, -0.25) is 0 Å². The standard InChI is InChI=1S/C9H8N8O2S/c1-16-9(18)17(15-14-16)7-4-11-13-12-6(7)5-19-8-10-2-3-20-8/h2-4H,5H2,1H3/i2T. The smallest absolute Gasteiger partial charge is 0.368 e. The van der Waals surface area contributed by atoms with Gasteiger partial charge in [-0.2, -0.15) is 9.36 Å². The van der Waals surface area contributed by atoms with E-state index in [0.717, 1.165) is 9.36 Å². The van der Waals surface area contributed by atoms with E-state index >= 15 is 0 Å². The highest BCUT2D eigenvalue weighted by Crippen LogP contribution is 2.16. The molecule has 0 aliphatic carbocycles. The molecule has 0 aromatic carbocycles. The maximum absolute atomic E-state index is 11.8. The minimum absolute atomic E-state index is 0.0147. The van der Waals surface area contributed by atoms with E-state index in [4.69, 9.17) is 6.11 Å². The maximum atomic E-state index is 11.8. The number of aromatic nitrogens is 8. The summed E-state index contributed by atoms with van der Waals surface area (Å²) >= 11 is 1.19. The van der Waals surface area contributed by atoms with Gasteiger partial charge in [0, 0.05) is 18.6 Å². The SMILES string of the molecule is [3H]c1csc(OCc2nnncc2-n2nnn(C)c2=O)n1. The molecule has 0 atom stereocenters. The second kappa shape index (κ2) is 5.13. The first kappa shape index (κ1) is 11.2. The van der Waals surface area contributed by atoms with Crippen LogP contribution in [0.15, 0.2) is 22.5 Å². The number of aryl methyl sites for hydroxylation is 1. The molecule has 0 aliphatic heterocycles. The number of hydrogen-bond donors (Lipinski definition) is 0. The normalized spacial score (nSPS) is 11.3. The molecule has 3 aromatic rings. The Balaban J connectivity index is 1.89. The van der Waals surface area contributed by atoms with E-state index in [-0.39, 0.29) is 12.8 Å². The number of thiazole rings is 1. The Kier molecular flexibility index (Phi) is 2.86. The molecule has 3 heterocycles. The van der Waals surface area contributed by atoms with Crippen LogP contribution in [0.5, 0.6) is 5.19 Å². The molecule has 0 amide bonds. The molecular formula is C9H8N8O2S. The van der Waals surface area contributed by atoms with Gasteiger partial charge in [-0.05, 0) is 15.6 Å². The first-order chi connectivity index (χ1) is 10.1. The number of hydrogen-bond acceptors (Lipinski definition) is 9. The van der Waals surface area contributed by atoms with Crippen LogP contribution in [0.4, 0.5) is 0 Å². The summed E-state index contributed by atoms with van der Waals surface area (Å²) in [5.41, 5.74) is 0.244. The number of rotatable bonds is 4. The topological polar surface area (TPSA) is 113 Å². The summed E-state index contributed by atoms with van der Waals surface area (Å²) < 4.78 is 14.9. The molecule has 0 aliphatic rings. The average Bonchev–Trinajstić information content (AvgIpc) is 3.04. The number of tetrazole rings is 1. The zero-order valence-electron chi connectivity index (χ0n) is 11.2. The van der Waals surface area contributed by atoms with Crippen LogP contribution in [0.25, 0.3) is 5.69 Å². The molecule has 0 saturated heterocycles. The van der Waals surface area contributed by atoms with Crippen molar-refractivity contribution in [1.82, 2.24) is 40.2 Å². The van der Waals surface area contributed by atoms with Crippen LogP contribution in [0, 0.1) is 0 Å². The molecule has 10 nitrogen and oxygen atoms in total. The van der Waals surface area contributed by atoms with E-state index in [1.807, 2.05) is 0 Å². The van der Waals surface area contributed by atoms with Crippen molar-refractivity contribution < 1.29 is 6.11 Å². The summed E-state index contributed by atoms with van der Waals surface area (Å²) in [7, 11) is 1.48. The van der Waals surface area contributed by atoms with Crippen LogP contribution in [-0.4, -0.2) is 40.2 Å². The molecule has 0 bridgehead atoms. The molecule has 20 heavy (non-hydrogen) atoms. The Labute approximate surface area is 117 Å². The summed E-state index contributed by atoms with van der Waals surface area (Å²) in [6.07, 6.45) is 1.47. The van der Waals surface area contributed by atoms with Crippen molar-refractivity contribution in [2.75, 3.05) is 0 Å². The summed E-state index contributed by atoms with van der Waals surface area (Å²) in [5.74, 6) is 0. The van der Waals surface area contributed by atoms with Crippen molar-refractivity contribution in [2.24, 2.45) is 7.05 Å². The molecular weight excluding hydrogens is 284 g/mol. The minimum atomic E-state index is -0.436. The van der Waals surface area contributed by atoms with Crippen molar-refractivity contribution in [3.63, 3.8) is 0 Å². The number of nitrogens with zero attached hydrogens (tertiary/aromatic N) is 8. The van der Waals surface area contributed by atoms with Gasteiger partial charge in [0.15, 0.2) is 0 Å². The monoisotopic (exact) mass is 294 g/mol. The summed E-state index contributed by atoms with van der Waals surface area (Å²) in [4.78, 5) is 15.7. The second-order valence-corrected chi connectivity index (χ2v) is 4.41.